The molecule has 0 spiro atoms. The van der Waals surface area contributed by atoms with Gasteiger partial charge in [0, 0.05) is 39.2 Å². The van der Waals surface area contributed by atoms with Gasteiger partial charge in [-0.05, 0) is 23.6 Å². The van der Waals surface area contributed by atoms with Crippen molar-refractivity contribution in [2.45, 2.75) is 33.1 Å². The molecule has 5 nitrogen and oxygen atoms in total. The van der Waals surface area contributed by atoms with Gasteiger partial charge in [0.2, 0.25) is 11.8 Å². The van der Waals surface area contributed by atoms with Crippen LogP contribution in [0.1, 0.15) is 38.7 Å². The van der Waals surface area contributed by atoms with Crippen LogP contribution in [0, 0.1) is 0 Å². The van der Waals surface area contributed by atoms with Crippen LogP contribution in [0.5, 0.6) is 0 Å². The Hall–Kier alpha value is -1.88. The molecule has 0 saturated heterocycles. The molecule has 0 unspecified atom stereocenters. The minimum atomic E-state index is -0.0963. The first-order chi connectivity index (χ1) is 10.4. The number of hydrogen-bond acceptors (Lipinski definition) is 3. The van der Waals surface area contributed by atoms with Gasteiger partial charge in [-0.3, -0.25) is 9.59 Å². The molecule has 2 amide bonds. The van der Waals surface area contributed by atoms with Crippen LogP contribution in [0.3, 0.4) is 0 Å². The quantitative estimate of drug-likeness (QED) is 0.803. The minimum absolute atomic E-state index is 0.0499. The molecule has 0 radical (unpaired) electrons. The summed E-state index contributed by atoms with van der Waals surface area (Å²) < 4.78 is 4.96. The van der Waals surface area contributed by atoms with Crippen molar-refractivity contribution in [3.63, 3.8) is 0 Å². The Labute approximate surface area is 132 Å². The molecule has 0 fully saturated rings. The fraction of sp³-hybridized carbons (Fsp3) is 0.529. The second-order valence-corrected chi connectivity index (χ2v) is 5.57. The Balaban J connectivity index is 2.46. The third-order valence-corrected chi connectivity index (χ3v) is 3.48. The van der Waals surface area contributed by atoms with Crippen molar-refractivity contribution in [1.82, 2.24) is 4.90 Å². The predicted molar refractivity (Wildman–Crippen MR) is 87.9 cm³/mol. The number of carbonyl (C=O) groups is 2. The van der Waals surface area contributed by atoms with Gasteiger partial charge in [-0.25, -0.2) is 0 Å². The smallest absolute Gasteiger partial charge is 0.226 e. The van der Waals surface area contributed by atoms with E-state index in [1.54, 1.807) is 12.0 Å². The molecule has 0 saturated carbocycles. The summed E-state index contributed by atoms with van der Waals surface area (Å²) in [5, 5.41) is 2.85. The number of methoxy groups -OCH3 is 1. The van der Waals surface area contributed by atoms with E-state index in [-0.39, 0.29) is 18.2 Å². The Morgan fingerprint density at radius 1 is 1.18 bits per heavy atom. The summed E-state index contributed by atoms with van der Waals surface area (Å²) in [7, 11) is 1.59. The van der Waals surface area contributed by atoms with E-state index in [1.165, 1.54) is 12.5 Å². The number of anilines is 1. The summed E-state index contributed by atoms with van der Waals surface area (Å²) in [6.07, 6.45) is 0.273. The maximum absolute atomic E-state index is 12.0. The van der Waals surface area contributed by atoms with Crippen LogP contribution in [0.2, 0.25) is 0 Å². The zero-order valence-electron chi connectivity index (χ0n) is 13.9. The first-order valence-electron chi connectivity index (χ1n) is 7.58. The van der Waals surface area contributed by atoms with E-state index < -0.39 is 0 Å². The molecule has 0 aliphatic heterocycles. The zero-order valence-corrected chi connectivity index (χ0v) is 13.9. The molecule has 1 rings (SSSR count). The lowest BCUT2D eigenvalue weighted by Crippen LogP contribution is -2.34. The molecule has 0 aliphatic carbocycles. The number of nitrogens with zero attached hydrogens (tertiary/aromatic N) is 1. The molecule has 1 aromatic carbocycles. The number of carbonyl (C=O) groups excluding carboxylic acids is 2. The topological polar surface area (TPSA) is 58.6 Å². The van der Waals surface area contributed by atoms with E-state index in [9.17, 15) is 9.59 Å². The summed E-state index contributed by atoms with van der Waals surface area (Å²) in [6, 6.07) is 7.84. The highest BCUT2D eigenvalue weighted by atomic mass is 16.5. The molecule has 122 valence electrons. The van der Waals surface area contributed by atoms with Crippen LogP contribution in [-0.4, -0.2) is 43.5 Å². The maximum Gasteiger partial charge on any atom is 0.226 e. The molecule has 0 aromatic heterocycles. The molecular weight excluding hydrogens is 280 g/mol. The second kappa shape index (κ2) is 9.20. The van der Waals surface area contributed by atoms with E-state index in [0.717, 1.165) is 5.69 Å². The van der Waals surface area contributed by atoms with E-state index in [1.807, 2.05) is 24.3 Å². The molecule has 0 bridgehead atoms. The van der Waals surface area contributed by atoms with Crippen molar-refractivity contribution >= 4 is 17.5 Å². The number of nitrogens with one attached hydrogen (secondary N) is 1. The van der Waals surface area contributed by atoms with Gasteiger partial charge in [-0.2, -0.15) is 0 Å². The standard InChI is InChI=1S/C17H26N2O3/c1-13(2)15-5-7-16(8-6-15)18-17(21)9-10-19(14(3)20)11-12-22-4/h5-8,13H,9-12H2,1-4H3,(H,18,21). The minimum Gasteiger partial charge on any atom is -0.383 e. The van der Waals surface area contributed by atoms with E-state index >= 15 is 0 Å². The number of benzene rings is 1. The van der Waals surface area contributed by atoms with Crippen LogP contribution in [0.15, 0.2) is 24.3 Å². The van der Waals surface area contributed by atoms with Crippen molar-refractivity contribution in [1.29, 1.82) is 0 Å². The van der Waals surface area contributed by atoms with Crippen LogP contribution in [0.25, 0.3) is 0 Å². The summed E-state index contributed by atoms with van der Waals surface area (Å²) in [4.78, 5) is 25.0. The summed E-state index contributed by atoms with van der Waals surface area (Å²) in [5.74, 6) is 0.321. The Kier molecular flexibility index (Phi) is 7.60. The molecule has 0 aliphatic rings. The van der Waals surface area contributed by atoms with Gasteiger partial charge in [0.05, 0.1) is 6.61 Å². The average molecular weight is 306 g/mol. The summed E-state index contributed by atoms with van der Waals surface area (Å²) in [5.41, 5.74) is 2.01. The molecular formula is C17H26N2O3. The van der Waals surface area contributed by atoms with E-state index in [0.29, 0.717) is 25.6 Å². The molecule has 0 heterocycles. The fourth-order valence-corrected chi connectivity index (χ4v) is 2.04. The van der Waals surface area contributed by atoms with Gasteiger partial charge in [-0.15, -0.1) is 0 Å². The van der Waals surface area contributed by atoms with Gasteiger partial charge in [0.1, 0.15) is 0 Å². The van der Waals surface area contributed by atoms with Crippen LogP contribution >= 0.6 is 0 Å². The van der Waals surface area contributed by atoms with Gasteiger partial charge in [-0.1, -0.05) is 26.0 Å². The van der Waals surface area contributed by atoms with E-state index in [4.69, 9.17) is 4.74 Å². The van der Waals surface area contributed by atoms with Crippen LogP contribution < -0.4 is 5.32 Å². The maximum atomic E-state index is 12.0. The van der Waals surface area contributed by atoms with Crippen LogP contribution in [0.4, 0.5) is 5.69 Å². The molecule has 22 heavy (non-hydrogen) atoms. The fourth-order valence-electron chi connectivity index (χ4n) is 2.04. The first kappa shape index (κ1) is 18.2. The van der Waals surface area contributed by atoms with Crippen molar-refractivity contribution in [3.05, 3.63) is 29.8 Å². The SMILES string of the molecule is COCCN(CCC(=O)Nc1ccc(C(C)C)cc1)C(C)=O. The van der Waals surface area contributed by atoms with Gasteiger partial charge in [0.15, 0.2) is 0 Å². The largest absolute Gasteiger partial charge is 0.383 e. The molecule has 1 N–H and O–H groups in total. The van der Waals surface area contributed by atoms with Crippen molar-refractivity contribution in [3.8, 4) is 0 Å². The van der Waals surface area contributed by atoms with Crippen molar-refractivity contribution in [2.24, 2.45) is 0 Å². The summed E-state index contributed by atoms with van der Waals surface area (Å²) >= 11 is 0. The second-order valence-electron chi connectivity index (χ2n) is 5.57. The van der Waals surface area contributed by atoms with Crippen molar-refractivity contribution in [2.75, 3.05) is 32.1 Å². The Morgan fingerprint density at radius 2 is 1.82 bits per heavy atom. The van der Waals surface area contributed by atoms with Gasteiger partial charge in [0.25, 0.3) is 0 Å². The Morgan fingerprint density at radius 3 is 2.32 bits per heavy atom. The average Bonchev–Trinajstić information content (AvgIpc) is 2.47. The first-order valence-corrected chi connectivity index (χ1v) is 7.58. The zero-order chi connectivity index (χ0) is 16.5. The van der Waals surface area contributed by atoms with Crippen molar-refractivity contribution < 1.29 is 14.3 Å². The third kappa shape index (κ3) is 6.26. The highest BCUT2D eigenvalue weighted by Crippen LogP contribution is 2.17. The number of rotatable bonds is 8. The number of amides is 2. The summed E-state index contributed by atoms with van der Waals surface area (Å²) in [6.45, 7) is 7.13. The van der Waals surface area contributed by atoms with Crippen LogP contribution in [-0.2, 0) is 14.3 Å². The molecule has 1 aromatic rings. The Bertz CT molecular complexity index is 483. The normalized spacial score (nSPS) is 10.6. The molecule has 0 atom stereocenters. The lowest BCUT2D eigenvalue weighted by Gasteiger charge is -2.20. The van der Waals surface area contributed by atoms with Gasteiger partial charge >= 0.3 is 0 Å². The highest BCUT2D eigenvalue weighted by Gasteiger charge is 2.11. The third-order valence-electron chi connectivity index (χ3n) is 3.48. The highest BCUT2D eigenvalue weighted by molar-refractivity contribution is 5.91. The number of hydrogen-bond donors (Lipinski definition) is 1. The number of ether oxygens (including phenoxy) is 1. The monoisotopic (exact) mass is 306 g/mol. The predicted octanol–water partition coefficient (Wildman–Crippen LogP) is 2.63. The van der Waals surface area contributed by atoms with Gasteiger partial charge < -0.3 is 15.0 Å². The lowest BCUT2D eigenvalue weighted by molar-refractivity contribution is -0.130. The molecule has 5 heteroatoms. The lowest BCUT2D eigenvalue weighted by atomic mass is 10.0. The van der Waals surface area contributed by atoms with E-state index in [2.05, 4.69) is 19.2 Å².